The van der Waals surface area contributed by atoms with Gasteiger partial charge >= 0.3 is 18.4 Å². The number of carbonyl (C=O) groups is 2. The molecule has 1 aromatic heterocycles. The highest BCUT2D eigenvalue weighted by Crippen LogP contribution is 2.36. The summed E-state index contributed by atoms with van der Waals surface area (Å²) in [5.74, 6) is -2.57. The summed E-state index contributed by atoms with van der Waals surface area (Å²) in [6, 6.07) is 4.49. The first kappa shape index (κ1) is 36.8. The quantitative estimate of drug-likeness (QED) is 0.216. The van der Waals surface area contributed by atoms with Gasteiger partial charge in [-0.05, 0) is 95.7 Å². The van der Waals surface area contributed by atoms with Gasteiger partial charge in [-0.2, -0.15) is 18.1 Å². The molecule has 15 heteroatoms. The molecule has 1 saturated carbocycles. The molecule has 2 aromatic carbocycles. The number of nitrogens with zero attached hydrogens (tertiary/aromatic N) is 2. The van der Waals surface area contributed by atoms with Gasteiger partial charge in [0.2, 0.25) is 0 Å². The number of amides is 2. The van der Waals surface area contributed by atoms with Crippen LogP contribution >= 0.6 is 0 Å². The summed E-state index contributed by atoms with van der Waals surface area (Å²) in [5.41, 5.74) is -3.35. The Morgan fingerprint density at radius 1 is 0.958 bits per heavy atom. The zero-order chi connectivity index (χ0) is 35.8. The molecule has 2 amide bonds. The Balaban J connectivity index is 1.61. The highest BCUT2D eigenvalue weighted by molar-refractivity contribution is 6.10. The fourth-order valence-corrected chi connectivity index (χ4v) is 4.97. The topological polar surface area (TPSA) is 130 Å². The van der Waals surface area contributed by atoms with Gasteiger partial charge in [0.15, 0.2) is 0 Å². The van der Waals surface area contributed by atoms with Crippen molar-refractivity contribution in [3.63, 3.8) is 0 Å². The molecule has 1 fully saturated rings. The van der Waals surface area contributed by atoms with Crippen molar-refractivity contribution in [1.29, 1.82) is 0 Å². The van der Waals surface area contributed by atoms with Crippen molar-refractivity contribution >= 4 is 28.8 Å². The van der Waals surface area contributed by atoms with Crippen LogP contribution in [0, 0.1) is 11.6 Å². The van der Waals surface area contributed by atoms with Gasteiger partial charge in [-0.1, -0.05) is 0 Å². The molecule has 1 aliphatic carbocycles. The largest absolute Gasteiger partial charge is 0.490 e. The summed E-state index contributed by atoms with van der Waals surface area (Å²) in [6.45, 7) is 8.79. The first-order chi connectivity index (χ1) is 22.2. The number of aromatic nitrogens is 1. The van der Waals surface area contributed by atoms with Crippen molar-refractivity contribution < 1.29 is 56.0 Å². The Morgan fingerprint density at radius 2 is 1.56 bits per heavy atom. The number of hydrogen-bond acceptors (Lipinski definition) is 9. The number of fused-ring (bicyclic) bond motifs is 1. The summed E-state index contributed by atoms with van der Waals surface area (Å²) >= 11 is 0. The van der Waals surface area contributed by atoms with Gasteiger partial charge < -0.3 is 29.7 Å². The maximum atomic E-state index is 15.7. The SMILES string of the molecule is CC(C)(C)OC(=O)N(C(=O)OC(C)(C)C)c1cc2c(CNC3CC(Oc4ccc(F)c(C(F)(F)F)c4)C3)c(F)cc(C(O)CO)c2cn1. The lowest BCUT2D eigenvalue weighted by molar-refractivity contribution is -0.140. The smallest absolute Gasteiger partial charge is 0.425 e. The number of alkyl halides is 3. The third kappa shape index (κ3) is 8.88. The van der Waals surface area contributed by atoms with E-state index in [4.69, 9.17) is 14.2 Å². The summed E-state index contributed by atoms with van der Waals surface area (Å²) in [7, 11) is 0. The number of rotatable bonds is 8. The lowest BCUT2D eigenvalue weighted by Crippen LogP contribution is -2.46. The molecule has 1 unspecified atom stereocenters. The van der Waals surface area contributed by atoms with Gasteiger partial charge in [0.25, 0.3) is 0 Å². The van der Waals surface area contributed by atoms with Gasteiger partial charge in [-0.25, -0.2) is 23.4 Å². The molecule has 3 aromatic rings. The molecular formula is C33H38F5N3O7. The van der Waals surface area contributed by atoms with Crippen LogP contribution in [-0.2, 0) is 22.2 Å². The molecule has 1 heterocycles. The molecule has 0 radical (unpaired) electrons. The van der Waals surface area contributed by atoms with Crippen molar-refractivity contribution in [2.75, 3.05) is 11.5 Å². The van der Waals surface area contributed by atoms with Crippen molar-refractivity contribution in [3.8, 4) is 5.75 Å². The normalized spacial score (nSPS) is 17.4. The average Bonchev–Trinajstić information content (AvgIpc) is 2.92. The molecule has 0 saturated heterocycles. The Morgan fingerprint density at radius 3 is 2.10 bits per heavy atom. The first-order valence-electron chi connectivity index (χ1n) is 15.1. The molecular weight excluding hydrogens is 645 g/mol. The molecule has 0 bridgehead atoms. The highest BCUT2D eigenvalue weighted by atomic mass is 19.4. The number of benzene rings is 2. The van der Waals surface area contributed by atoms with Crippen LogP contribution in [0.3, 0.4) is 0 Å². The van der Waals surface area contributed by atoms with E-state index in [9.17, 15) is 37.4 Å². The zero-order valence-corrected chi connectivity index (χ0v) is 27.2. The van der Waals surface area contributed by atoms with Crippen LogP contribution in [0.15, 0.2) is 36.5 Å². The fraction of sp³-hybridized carbons (Fsp3) is 0.485. The van der Waals surface area contributed by atoms with Crippen LogP contribution in [0.25, 0.3) is 10.8 Å². The lowest BCUT2D eigenvalue weighted by atomic mass is 9.88. The predicted molar refractivity (Wildman–Crippen MR) is 164 cm³/mol. The van der Waals surface area contributed by atoms with E-state index in [0.717, 1.165) is 12.1 Å². The van der Waals surface area contributed by atoms with Crippen molar-refractivity contribution in [3.05, 3.63) is 64.9 Å². The van der Waals surface area contributed by atoms with Crippen LogP contribution in [0.1, 0.15) is 77.2 Å². The number of pyridine rings is 1. The van der Waals surface area contributed by atoms with E-state index in [0.29, 0.717) is 29.9 Å². The maximum absolute atomic E-state index is 15.7. The van der Waals surface area contributed by atoms with Crippen LogP contribution in [0.5, 0.6) is 5.75 Å². The van der Waals surface area contributed by atoms with E-state index in [1.165, 1.54) is 12.3 Å². The molecule has 0 aliphatic heterocycles. The Kier molecular flexibility index (Phi) is 10.6. The van der Waals surface area contributed by atoms with E-state index in [1.807, 2.05) is 0 Å². The monoisotopic (exact) mass is 683 g/mol. The Labute approximate surface area is 273 Å². The second-order valence-corrected chi connectivity index (χ2v) is 13.4. The summed E-state index contributed by atoms with van der Waals surface area (Å²) in [5, 5.41) is 23.6. The number of aliphatic hydroxyl groups is 2. The minimum Gasteiger partial charge on any atom is -0.490 e. The highest BCUT2D eigenvalue weighted by Gasteiger charge is 2.37. The third-order valence-corrected chi connectivity index (χ3v) is 7.22. The standard InChI is InChI=1S/C33H38F5N3O7/c1-31(2,3)47-29(44)41(30(45)48-32(4,5)6)28-13-20-22(14-40-28)21(27(43)16-42)12-26(35)23(20)15-39-17-9-19(10-17)46-18-7-8-25(34)24(11-18)33(36,37)38/h7-8,11-14,17,19,27,39,42-43H,9-10,15-16H2,1-6H3. The van der Waals surface area contributed by atoms with Gasteiger partial charge in [0, 0.05) is 29.7 Å². The molecule has 3 N–H and O–H groups in total. The average molecular weight is 684 g/mol. The van der Waals surface area contributed by atoms with Gasteiger partial charge in [-0.3, -0.25) is 0 Å². The summed E-state index contributed by atoms with van der Waals surface area (Å²) < 4.78 is 85.0. The molecule has 262 valence electrons. The van der Waals surface area contributed by atoms with Gasteiger partial charge in [0.05, 0.1) is 12.2 Å². The van der Waals surface area contributed by atoms with Gasteiger partial charge in [-0.15, -0.1) is 0 Å². The van der Waals surface area contributed by atoms with E-state index in [1.54, 1.807) is 41.5 Å². The predicted octanol–water partition coefficient (Wildman–Crippen LogP) is 6.93. The van der Waals surface area contributed by atoms with Crippen LogP contribution in [0.2, 0.25) is 0 Å². The van der Waals surface area contributed by atoms with E-state index in [2.05, 4.69) is 10.3 Å². The van der Waals surface area contributed by atoms with E-state index < -0.39 is 65.6 Å². The van der Waals surface area contributed by atoms with Crippen LogP contribution < -0.4 is 15.0 Å². The fourth-order valence-electron chi connectivity index (χ4n) is 4.97. The van der Waals surface area contributed by atoms with Gasteiger partial charge in [0.1, 0.15) is 46.6 Å². The minimum atomic E-state index is -4.88. The number of halogens is 5. The second kappa shape index (κ2) is 13.8. The van der Waals surface area contributed by atoms with Crippen molar-refractivity contribution in [2.45, 2.75) is 96.6 Å². The number of carbonyl (C=O) groups excluding carboxylic acids is 2. The maximum Gasteiger partial charge on any atom is 0.425 e. The van der Waals surface area contributed by atoms with Crippen molar-refractivity contribution in [2.24, 2.45) is 0 Å². The number of hydrogen-bond donors (Lipinski definition) is 3. The first-order valence-corrected chi connectivity index (χ1v) is 15.1. The minimum absolute atomic E-state index is 0.0171. The third-order valence-electron chi connectivity index (χ3n) is 7.22. The van der Waals surface area contributed by atoms with E-state index >= 15 is 4.39 Å². The van der Waals surface area contributed by atoms with Crippen molar-refractivity contribution in [1.82, 2.24) is 10.3 Å². The zero-order valence-electron chi connectivity index (χ0n) is 27.2. The summed E-state index contributed by atoms with van der Waals surface area (Å²) in [4.78, 5) is 31.3. The molecule has 48 heavy (non-hydrogen) atoms. The number of aliphatic hydroxyl groups excluding tert-OH is 2. The summed E-state index contributed by atoms with van der Waals surface area (Å²) in [6.07, 6.45) is -7.11. The number of nitrogens with one attached hydrogen (secondary N) is 1. The molecule has 1 aliphatic rings. The molecule has 1 atom stereocenters. The number of anilines is 1. The molecule has 10 nitrogen and oxygen atoms in total. The van der Waals surface area contributed by atoms with Crippen LogP contribution in [-0.4, -0.2) is 57.3 Å². The Hall–Kier alpha value is -4.08. The Bertz CT molecular complexity index is 1640. The van der Waals surface area contributed by atoms with E-state index in [-0.39, 0.29) is 46.1 Å². The lowest BCUT2D eigenvalue weighted by Gasteiger charge is -2.36. The van der Waals surface area contributed by atoms with Crippen LogP contribution in [0.4, 0.5) is 37.4 Å². The number of ether oxygens (including phenoxy) is 3. The molecule has 4 rings (SSSR count). The number of imide groups is 1. The molecule has 0 spiro atoms. The second-order valence-electron chi connectivity index (χ2n) is 13.4.